The number of nitrogens with two attached hydrogens (primary N) is 1. The van der Waals surface area contributed by atoms with Crippen molar-refractivity contribution in [3.8, 4) is 0 Å². The summed E-state index contributed by atoms with van der Waals surface area (Å²) in [5, 5.41) is 2.71. The fourth-order valence-corrected chi connectivity index (χ4v) is 4.70. The number of amides is 2. The van der Waals surface area contributed by atoms with Crippen LogP contribution in [0, 0.1) is 5.92 Å². The van der Waals surface area contributed by atoms with Crippen molar-refractivity contribution in [2.45, 2.75) is 17.7 Å². The number of para-hydroxylation sites is 1. The van der Waals surface area contributed by atoms with E-state index in [4.69, 9.17) is 5.73 Å². The van der Waals surface area contributed by atoms with Gasteiger partial charge in [-0.3, -0.25) is 9.59 Å². The van der Waals surface area contributed by atoms with Gasteiger partial charge in [0.05, 0.1) is 22.1 Å². The Labute approximate surface area is 158 Å². The lowest BCUT2D eigenvalue weighted by molar-refractivity contribution is -0.120. The van der Waals surface area contributed by atoms with Crippen LogP contribution in [0.15, 0.2) is 59.5 Å². The molecule has 0 saturated carbocycles. The molecule has 2 amide bonds. The third-order valence-electron chi connectivity index (χ3n) is 4.59. The van der Waals surface area contributed by atoms with E-state index in [1.807, 2.05) is 0 Å². The number of carbonyl (C=O) groups excluding carboxylic acids is 2. The summed E-state index contributed by atoms with van der Waals surface area (Å²) in [4.78, 5) is 24.4. The Morgan fingerprint density at radius 1 is 1.04 bits per heavy atom. The summed E-state index contributed by atoms with van der Waals surface area (Å²) in [6.45, 7) is 0.473. The van der Waals surface area contributed by atoms with Gasteiger partial charge in [-0.05, 0) is 37.1 Å². The maximum Gasteiger partial charge on any atom is 0.250 e. The van der Waals surface area contributed by atoms with E-state index >= 15 is 0 Å². The van der Waals surface area contributed by atoms with Crippen molar-refractivity contribution in [2.75, 3.05) is 18.4 Å². The molecular formula is C19H21N3O4S. The van der Waals surface area contributed by atoms with Crippen molar-refractivity contribution in [1.82, 2.24) is 4.31 Å². The molecule has 0 unspecified atom stereocenters. The van der Waals surface area contributed by atoms with Crippen LogP contribution in [0.5, 0.6) is 0 Å². The van der Waals surface area contributed by atoms with Gasteiger partial charge in [-0.25, -0.2) is 8.42 Å². The van der Waals surface area contributed by atoms with Gasteiger partial charge in [-0.2, -0.15) is 4.31 Å². The van der Waals surface area contributed by atoms with Gasteiger partial charge in [0, 0.05) is 13.1 Å². The highest BCUT2D eigenvalue weighted by atomic mass is 32.2. The molecule has 1 heterocycles. The average molecular weight is 387 g/mol. The van der Waals surface area contributed by atoms with E-state index in [-0.39, 0.29) is 22.9 Å². The monoisotopic (exact) mass is 387 g/mol. The lowest BCUT2D eigenvalue weighted by atomic mass is 9.98. The molecule has 2 aromatic carbocycles. The number of carbonyl (C=O) groups is 2. The van der Waals surface area contributed by atoms with Crippen molar-refractivity contribution >= 4 is 27.5 Å². The summed E-state index contributed by atoms with van der Waals surface area (Å²) in [7, 11) is -3.64. The van der Waals surface area contributed by atoms with Crippen molar-refractivity contribution in [3.63, 3.8) is 0 Å². The molecule has 1 atom stereocenters. The van der Waals surface area contributed by atoms with Gasteiger partial charge in [-0.15, -0.1) is 0 Å². The van der Waals surface area contributed by atoms with Gasteiger partial charge in [0.1, 0.15) is 0 Å². The van der Waals surface area contributed by atoms with E-state index in [9.17, 15) is 18.0 Å². The van der Waals surface area contributed by atoms with Crippen LogP contribution in [0.3, 0.4) is 0 Å². The Morgan fingerprint density at radius 2 is 1.70 bits per heavy atom. The first-order valence-corrected chi connectivity index (χ1v) is 10.1. The predicted octanol–water partition coefficient (Wildman–Crippen LogP) is 1.82. The van der Waals surface area contributed by atoms with Gasteiger partial charge in [-0.1, -0.05) is 30.3 Å². The van der Waals surface area contributed by atoms with Gasteiger partial charge < -0.3 is 11.1 Å². The number of sulfonamides is 1. The minimum Gasteiger partial charge on any atom is -0.366 e. The zero-order valence-corrected chi connectivity index (χ0v) is 15.5. The molecule has 142 valence electrons. The van der Waals surface area contributed by atoms with Crippen LogP contribution in [0.25, 0.3) is 0 Å². The number of rotatable bonds is 5. The molecule has 1 saturated heterocycles. The Bertz CT molecular complexity index is 944. The fourth-order valence-electron chi connectivity index (χ4n) is 3.16. The van der Waals surface area contributed by atoms with E-state index in [1.54, 1.807) is 48.5 Å². The zero-order valence-electron chi connectivity index (χ0n) is 14.7. The molecule has 0 spiro atoms. The van der Waals surface area contributed by atoms with Crippen molar-refractivity contribution in [1.29, 1.82) is 0 Å². The summed E-state index contributed by atoms with van der Waals surface area (Å²) >= 11 is 0. The van der Waals surface area contributed by atoms with E-state index in [0.717, 1.165) is 0 Å². The Hall–Kier alpha value is -2.71. The van der Waals surface area contributed by atoms with E-state index in [1.165, 1.54) is 10.4 Å². The molecule has 7 nitrogen and oxygen atoms in total. The summed E-state index contributed by atoms with van der Waals surface area (Å²) in [5.74, 6) is -1.46. The molecule has 0 aromatic heterocycles. The average Bonchev–Trinajstić information content (AvgIpc) is 2.69. The maximum absolute atomic E-state index is 12.8. The van der Waals surface area contributed by atoms with Crippen LogP contribution < -0.4 is 11.1 Å². The highest BCUT2D eigenvalue weighted by molar-refractivity contribution is 7.89. The SMILES string of the molecule is NC(=O)c1ccccc1NC(=O)[C@H]1CCCN(S(=O)(=O)c2ccccc2)C1. The normalized spacial score (nSPS) is 18.0. The van der Waals surface area contributed by atoms with Gasteiger partial charge >= 0.3 is 0 Å². The highest BCUT2D eigenvalue weighted by Crippen LogP contribution is 2.25. The maximum atomic E-state index is 12.8. The molecule has 2 aromatic rings. The molecule has 0 radical (unpaired) electrons. The summed E-state index contributed by atoms with van der Waals surface area (Å²) in [6.07, 6.45) is 1.16. The van der Waals surface area contributed by atoms with Gasteiger partial charge in [0.25, 0.3) is 5.91 Å². The topological polar surface area (TPSA) is 110 Å². The molecule has 1 fully saturated rings. The molecule has 0 bridgehead atoms. The summed E-state index contributed by atoms with van der Waals surface area (Å²) < 4.78 is 26.9. The molecule has 27 heavy (non-hydrogen) atoms. The number of piperidine rings is 1. The summed E-state index contributed by atoms with van der Waals surface area (Å²) in [6, 6.07) is 14.7. The molecule has 8 heteroatoms. The van der Waals surface area contributed by atoms with Crippen molar-refractivity contribution in [2.24, 2.45) is 11.7 Å². The van der Waals surface area contributed by atoms with Crippen molar-refractivity contribution < 1.29 is 18.0 Å². The Morgan fingerprint density at radius 3 is 2.41 bits per heavy atom. The van der Waals surface area contributed by atoms with E-state index in [2.05, 4.69) is 5.32 Å². The van der Waals surface area contributed by atoms with Crippen LogP contribution in [0.2, 0.25) is 0 Å². The quantitative estimate of drug-likeness (QED) is 0.815. The lowest BCUT2D eigenvalue weighted by Gasteiger charge is -2.31. The number of anilines is 1. The third-order valence-corrected chi connectivity index (χ3v) is 6.47. The molecule has 1 aliphatic heterocycles. The number of nitrogens with zero attached hydrogens (tertiary/aromatic N) is 1. The number of hydrogen-bond acceptors (Lipinski definition) is 4. The zero-order chi connectivity index (χ0) is 19.4. The smallest absolute Gasteiger partial charge is 0.250 e. The summed E-state index contributed by atoms with van der Waals surface area (Å²) in [5.41, 5.74) is 5.88. The second kappa shape index (κ2) is 7.89. The minimum absolute atomic E-state index is 0.0990. The molecule has 1 aliphatic rings. The van der Waals surface area contributed by atoms with Crippen LogP contribution in [-0.4, -0.2) is 37.6 Å². The second-order valence-corrected chi connectivity index (χ2v) is 8.35. The lowest BCUT2D eigenvalue weighted by Crippen LogP contribution is -2.43. The van der Waals surface area contributed by atoms with Crippen LogP contribution >= 0.6 is 0 Å². The Balaban J connectivity index is 1.75. The standard InChI is InChI=1S/C19H21N3O4S/c20-18(23)16-10-4-5-11-17(16)21-19(24)14-7-6-12-22(13-14)27(25,26)15-8-2-1-3-9-15/h1-5,8-11,14H,6-7,12-13H2,(H2,20,23)(H,21,24)/t14-/m0/s1. The fraction of sp³-hybridized carbons (Fsp3) is 0.263. The number of nitrogens with one attached hydrogen (secondary N) is 1. The van der Waals surface area contributed by atoms with Crippen LogP contribution in [0.1, 0.15) is 23.2 Å². The van der Waals surface area contributed by atoms with E-state index in [0.29, 0.717) is 25.1 Å². The molecule has 0 aliphatic carbocycles. The van der Waals surface area contributed by atoms with E-state index < -0.39 is 21.8 Å². The van der Waals surface area contributed by atoms with Crippen LogP contribution in [-0.2, 0) is 14.8 Å². The number of benzene rings is 2. The molecule has 3 N–H and O–H groups in total. The first-order valence-electron chi connectivity index (χ1n) is 8.64. The second-order valence-electron chi connectivity index (χ2n) is 6.41. The largest absolute Gasteiger partial charge is 0.366 e. The van der Waals surface area contributed by atoms with Crippen molar-refractivity contribution in [3.05, 3.63) is 60.2 Å². The number of primary amides is 1. The molecule has 3 rings (SSSR count). The van der Waals surface area contributed by atoms with Gasteiger partial charge in [0.2, 0.25) is 15.9 Å². The molecular weight excluding hydrogens is 366 g/mol. The van der Waals surface area contributed by atoms with Gasteiger partial charge in [0.15, 0.2) is 0 Å². The Kier molecular flexibility index (Phi) is 5.57. The first kappa shape index (κ1) is 19.1. The predicted molar refractivity (Wildman–Crippen MR) is 102 cm³/mol. The highest BCUT2D eigenvalue weighted by Gasteiger charge is 2.33. The minimum atomic E-state index is -3.64. The number of hydrogen-bond donors (Lipinski definition) is 2. The third kappa shape index (κ3) is 4.17. The first-order chi connectivity index (χ1) is 12.9. The van der Waals surface area contributed by atoms with Crippen LogP contribution in [0.4, 0.5) is 5.69 Å².